The van der Waals surface area contributed by atoms with Crippen LogP contribution in [-0.4, -0.2) is 11.9 Å². The van der Waals surface area contributed by atoms with Crippen molar-refractivity contribution in [1.29, 1.82) is 5.41 Å². The van der Waals surface area contributed by atoms with Crippen molar-refractivity contribution in [3.8, 4) is 5.75 Å². The van der Waals surface area contributed by atoms with Crippen molar-refractivity contribution in [2.45, 2.75) is 46.1 Å². The van der Waals surface area contributed by atoms with Crippen LogP contribution in [0.1, 0.15) is 44.2 Å². The quantitative estimate of drug-likeness (QED) is 0.629. The zero-order valence-corrected chi connectivity index (χ0v) is 12.1. The van der Waals surface area contributed by atoms with Crippen LogP contribution in [-0.2, 0) is 0 Å². The summed E-state index contributed by atoms with van der Waals surface area (Å²) in [7, 11) is 0. The molecule has 0 spiro atoms. The first-order valence-corrected chi connectivity index (χ1v) is 6.55. The van der Waals surface area contributed by atoms with Crippen molar-refractivity contribution < 1.29 is 4.74 Å². The molecule has 3 N–H and O–H groups in total. The zero-order valence-electron chi connectivity index (χ0n) is 11.4. The Balaban J connectivity index is 3.09. The van der Waals surface area contributed by atoms with E-state index in [1.807, 2.05) is 26.0 Å². The maximum absolute atomic E-state index is 7.48. The predicted molar refractivity (Wildman–Crippen MR) is 76.9 cm³/mol. The fourth-order valence-electron chi connectivity index (χ4n) is 1.76. The molecule has 0 saturated heterocycles. The first-order chi connectivity index (χ1) is 8.36. The van der Waals surface area contributed by atoms with E-state index in [1.54, 1.807) is 0 Å². The van der Waals surface area contributed by atoms with Crippen molar-refractivity contribution in [2.75, 3.05) is 0 Å². The Morgan fingerprint density at radius 1 is 1.44 bits per heavy atom. The minimum atomic E-state index is -0.370. The lowest BCUT2D eigenvalue weighted by Crippen LogP contribution is -2.32. The molecule has 1 aromatic carbocycles. The van der Waals surface area contributed by atoms with E-state index >= 15 is 0 Å². The highest BCUT2D eigenvalue weighted by Gasteiger charge is 2.15. The largest absolute Gasteiger partial charge is 0.482 e. The summed E-state index contributed by atoms with van der Waals surface area (Å²) in [6.07, 6.45) is 0.305. The van der Waals surface area contributed by atoms with E-state index in [1.165, 1.54) is 0 Å². The standard InChI is InChI=1S/C14H21ClN2O/c1-5-12(14(16)17)18-13-7-10(8(2)3)11(15)6-9(13)4/h6-8,12H,5H2,1-4H3,(H3,16,17). The van der Waals surface area contributed by atoms with Crippen molar-refractivity contribution in [3.05, 3.63) is 28.3 Å². The van der Waals surface area contributed by atoms with Gasteiger partial charge in [-0.3, -0.25) is 5.41 Å². The van der Waals surface area contributed by atoms with Gasteiger partial charge in [0.15, 0.2) is 6.10 Å². The van der Waals surface area contributed by atoms with Crippen LogP contribution in [0.5, 0.6) is 5.75 Å². The minimum absolute atomic E-state index is 0.0537. The van der Waals surface area contributed by atoms with Crippen LogP contribution in [0.25, 0.3) is 0 Å². The molecule has 0 radical (unpaired) electrons. The van der Waals surface area contributed by atoms with Gasteiger partial charge in [0.1, 0.15) is 11.6 Å². The van der Waals surface area contributed by atoms with Crippen molar-refractivity contribution in [1.82, 2.24) is 0 Å². The fraction of sp³-hybridized carbons (Fsp3) is 0.500. The van der Waals surface area contributed by atoms with Crippen LogP contribution >= 0.6 is 11.6 Å². The monoisotopic (exact) mass is 268 g/mol. The normalized spacial score (nSPS) is 12.6. The molecule has 0 heterocycles. The maximum Gasteiger partial charge on any atom is 0.155 e. The molecule has 4 heteroatoms. The lowest BCUT2D eigenvalue weighted by Gasteiger charge is -2.19. The Bertz CT molecular complexity index is 444. The molecule has 0 aromatic heterocycles. The van der Waals surface area contributed by atoms with E-state index in [0.717, 1.165) is 21.9 Å². The SMILES string of the molecule is CCC(Oc1cc(C(C)C)c(Cl)cc1C)C(=N)N. The third kappa shape index (κ3) is 3.39. The summed E-state index contributed by atoms with van der Waals surface area (Å²) >= 11 is 6.21. The summed E-state index contributed by atoms with van der Waals surface area (Å²) in [6.45, 7) is 8.06. The summed E-state index contributed by atoms with van der Waals surface area (Å²) in [6, 6.07) is 3.85. The lowest BCUT2D eigenvalue weighted by molar-refractivity contribution is 0.258. The second-order valence-corrected chi connectivity index (χ2v) is 5.17. The third-order valence-electron chi connectivity index (χ3n) is 2.90. The predicted octanol–water partition coefficient (Wildman–Crippen LogP) is 3.87. The molecule has 0 aliphatic rings. The molecule has 0 aliphatic carbocycles. The molecule has 3 nitrogen and oxygen atoms in total. The van der Waals surface area contributed by atoms with Gasteiger partial charge < -0.3 is 10.5 Å². The number of aryl methyl sites for hydroxylation is 1. The van der Waals surface area contributed by atoms with E-state index < -0.39 is 0 Å². The van der Waals surface area contributed by atoms with Gasteiger partial charge in [-0.25, -0.2) is 0 Å². The number of halogens is 1. The second-order valence-electron chi connectivity index (χ2n) is 4.76. The fourth-order valence-corrected chi connectivity index (χ4v) is 2.19. The molecule has 1 rings (SSSR count). The summed E-state index contributed by atoms with van der Waals surface area (Å²) in [5.41, 5.74) is 7.52. The van der Waals surface area contributed by atoms with Gasteiger partial charge in [-0.05, 0) is 42.5 Å². The summed E-state index contributed by atoms with van der Waals surface area (Å²) in [4.78, 5) is 0. The van der Waals surface area contributed by atoms with Gasteiger partial charge in [-0.2, -0.15) is 0 Å². The number of amidine groups is 1. The van der Waals surface area contributed by atoms with Crippen molar-refractivity contribution >= 4 is 17.4 Å². The van der Waals surface area contributed by atoms with Crippen LogP contribution < -0.4 is 10.5 Å². The van der Waals surface area contributed by atoms with Crippen LogP contribution in [0.4, 0.5) is 0 Å². The second kappa shape index (κ2) is 6.10. The first-order valence-electron chi connectivity index (χ1n) is 6.17. The van der Waals surface area contributed by atoms with Gasteiger partial charge >= 0.3 is 0 Å². The number of hydrogen-bond acceptors (Lipinski definition) is 2. The van der Waals surface area contributed by atoms with Gasteiger partial charge in [-0.15, -0.1) is 0 Å². The Hall–Kier alpha value is -1.22. The molecule has 100 valence electrons. The maximum atomic E-state index is 7.48. The molecule has 1 aromatic rings. The smallest absolute Gasteiger partial charge is 0.155 e. The highest BCUT2D eigenvalue weighted by Crippen LogP contribution is 2.32. The lowest BCUT2D eigenvalue weighted by atomic mass is 10.0. The number of nitrogens with one attached hydrogen (secondary N) is 1. The van der Waals surface area contributed by atoms with Crippen molar-refractivity contribution in [3.63, 3.8) is 0 Å². The molecule has 0 bridgehead atoms. The van der Waals surface area contributed by atoms with E-state index in [9.17, 15) is 0 Å². The molecule has 1 unspecified atom stereocenters. The first kappa shape index (κ1) is 14.8. The van der Waals surface area contributed by atoms with Crippen LogP contribution in [0.3, 0.4) is 0 Å². The van der Waals surface area contributed by atoms with E-state index in [2.05, 4.69) is 13.8 Å². The van der Waals surface area contributed by atoms with E-state index in [0.29, 0.717) is 12.3 Å². The van der Waals surface area contributed by atoms with E-state index in [4.69, 9.17) is 27.5 Å². The van der Waals surface area contributed by atoms with Crippen LogP contribution in [0, 0.1) is 12.3 Å². The molecule has 0 aliphatic heterocycles. The van der Waals surface area contributed by atoms with Gasteiger partial charge in [0.05, 0.1) is 0 Å². The number of nitrogens with two attached hydrogens (primary N) is 1. The number of hydrogen-bond donors (Lipinski definition) is 2. The third-order valence-corrected chi connectivity index (χ3v) is 3.23. The minimum Gasteiger partial charge on any atom is -0.482 e. The average Bonchev–Trinajstić information content (AvgIpc) is 2.26. The molecule has 18 heavy (non-hydrogen) atoms. The molecule has 1 atom stereocenters. The van der Waals surface area contributed by atoms with Gasteiger partial charge in [0.25, 0.3) is 0 Å². The molecule has 0 amide bonds. The molecular weight excluding hydrogens is 248 g/mol. The highest BCUT2D eigenvalue weighted by atomic mass is 35.5. The van der Waals surface area contributed by atoms with Crippen molar-refractivity contribution in [2.24, 2.45) is 5.73 Å². The number of benzene rings is 1. The Kier molecular flexibility index (Phi) is 5.03. The van der Waals surface area contributed by atoms with E-state index in [-0.39, 0.29) is 11.9 Å². The summed E-state index contributed by atoms with van der Waals surface area (Å²) in [5, 5.41) is 8.23. The van der Waals surface area contributed by atoms with Gasteiger partial charge in [-0.1, -0.05) is 32.4 Å². The van der Waals surface area contributed by atoms with Crippen LogP contribution in [0.15, 0.2) is 12.1 Å². The average molecular weight is 269 g/mol. The zero-order chi connectivity index (χ0) is 13.9. The number of ether oxygens (including phenoxy) is 1. The Morgan fingerprint density at radius 2 is 2.06 bits per heavy atom. The number of rotatable bonds is 5. The molecule has 0 saturated carbocycles. The topological polar surface area (TPSA) is 59.1 Å². The molecular formula is C14H21ClN2O. The van der Waals surface area contributed by atoms with Gasteiger partial charge in [0.2, 0.25) is 0 Å². The highest BCUT2D eigenvalue weighted by molar-refractivity contribution is 6.31. The van der Waals surface area contributed by atoms with Gasteiger partial charge in [0, 0.05) is 5.02 Å². The van der Waals surface area contributed by atoms with Crippen LogP contribution in [0.2, 0.25) is 5.02 Å². The Morgan fingerprint density at radius 3 is 2.50 bits per heavy atom. The summed E-state index contributed by atoms with van der Waals surface area (Å²) in [5.74, 6) is 1.14. The molecule has 0 fully saturated rings. The Labute approximate surface area is 114 Å². The summed E-state index contributed by atoms with van der Waals surface area (Å²) < 4.78 is 5.79.